The third kappa shape index (κ3) is 5.07. The molecule has 0 atom stereocenters. The van der Waals surface area contributed by atoms with Gasteiger partial charge in [-0.15, -0.1) is 0 Å². The molecule has 6 heteroatoms. The number of hydrogen-bond donors (Lipinski definition) is 1. The average Bonchev–Trinajstić information content (AvgIpc) is 2.24. The first-order chi connectivity index (χ1) is 7.53. The Kier molecular flexibility index (Phi) is 5.40. The third-order valence-electron chi connectivity index (χ3n) is 1.94. The molecule has 1 rings (SSSR count). The maximum absolute atomic E-state index is 11.4. The fraction of sp³-hybridized carbons (Fsp3) is 0.400. The molecule has 0 aliphatic heterocycles. The lowest BCUT2D eigenvalue weighted by Crippen LogP contribution is -2.27. The minimum Gasteiger partial charge on any atom is -0.384 e. The van der Waals surface area contributed by atoms with Gasteiger partial charge in [0.05, 0.1) is 12.4 Å². The second-order valence-electron chi connectivity index (χ2n) is 3.26. The van der Waals surface area contributed by atoms with Gasteiger partial charge in [0, 0.05) is 18.1 Å². The zero-order valence-corrected chi connectivity index (χ0v) is 11.3. The minimum absolute atomic E-state index is 0.0164. The number of sulfonamides is 1. The fourth-order valence-corrected chi connectivity index (χ4v) is 2.47. The van der Waals surface area contributed by atoms with E-state index in [2.05, 4.69) is 20.7 Å². The van der Waals surface area contributed by atoms with Gasteiger partial charge in [-0.2, -0.15) is 0 Å². The molecule has 0 aliphatic rings. The smallest absolute Gasteiger partial charge is 0.214 e. The molecule has 4 nitrogen and oxygen atoms in total. The van der Waals surface area contributed by atoms with E-state index in [1.165, 1.54) is 7.11 Å². The van der Waals surface area contributed by atoms with Gasteiger partial charge >= 0.3 is 0 Å². The van der Waals surface area contributed by atoms with Gasteiger partial charge in [0.25, 0.3) is 0 Å². The lowest BCUT2D eigenvalue weighted by Gasteiger charge is -2.06. The first kappa shape index (κ1) is 13.6. The van der Waals surface area contributed by atoms with Gasteiger partial charge in [-0.05, 0) is 17.7 Å². The van der Waals surface area contributed by atoms with Crippen LogP contribution in [0, 0.1) is 0 Å². The van der Waals surface area contributed by atoms with Crippen molar-refractivity contribution in [3.05, 3.63) is 34.3 Å². The highest BCUT2D eigenvalue weighted by Gasteiger charge is 2.08. The Hall–Kier alpha value is -0.430. The van der Waals surface area contributed by atoms with Crippen LogP contribution < -0.4 is 4.72 Å². The summed E-state index contributed by atoms with van der Waals surface area (Å²) < 4.78 is 31.1. The van der Waals surface area contributed by atoms with Crippen LogP contribution in [0.2, 0.25) is 0 Å². The standard InChI is InChI=1S/C10H14BrNO3S/c1-15-5-6-16(13,14)12-8-9-3-2-4-10(11)7-9/h2-4,7,12H,5-6,8H2,1H3. The molecule has 0 radical (unpaired) electrons. The van der Waals surface area contributed by atoms with Crippen molar-refractivity contribution in [2.45, 2.75) is 6.54 Å². The summed E-state index contributed by atoms with van der Waals surface area (Å²) >= 11 is 3.33. The molecule has 0 spiro atoms. The van der Waals surface area contributed by atoms with Gasteiger partial charge < -0.3 is 4.74 Å². The maximum atomic E-state index is 11.4. The highest BCUT2D eigenvalue weighted by molar-refractivity contribution is 9.10. The summed E-state index contributed by atoms with van der Waals surface area (Å²) in [6.07, 6.45) is 0. The van der Waals surface area contributed by atoms with Gasteiger partial charge in [-0.25, -0.2) is 13.1 Å². The molecule has 0 heterocycles. The van der Waals surface area contributed by atoms with Crippen LogP contribution in [0.25, 0.3) is 0 Å². The molecule has 1 aromatic rings. The topological polar surface area (TPSA) is 55.4 Å². The Morgan fingerprint density at radius 2 is 2.19 bits per heavy atom. The van der Waals surface area contributed by atoms with E-state index in [4.69, 9.17) is 4.74 Å². The Bertz CT molecular complexity index is 433. The van der Waals surface area contributed by atoms with Crippen LogP contribution in [0.4, 0.5) is 0 Å². The van der Waals surface area contributed by atoms with Gasteiger partial charge in [-0.1, -0.05) is 28.1 Å². The molecule has 1 N–H and O–H groups in total. The van der Waals surface area contributed by atoms with E-state index in [-0.39, 0.29) is 12.4 Å². The Labute approximate surface area is 104 Å². The molecule has 0 aliphatic carbocycles. The molecule has 0 amide bonds. The number of rotatable bonds is 6. The number of benzene rings is 1. The minimum atomic E-state index is -3.25. The number of hydrogen-bond acceptors (Lipinski definition) is 3. The predicted molar refractivity (Wildman–Crippen MR) is 66.6 cm³/mol. The molecular formula is C10H14BrNO3S. The summed E-state index contributed by atoms with van der Waals surface area (Å²) in [6, 6.07) is 7.49. The Balaban J connectivity index is 2.51. The normalized spacial score (nSPS) is 11.6. The second-order valence-corrected chi connectivity index (χ2v) is 6.10. The van der Waals surface area contributed by atoms with Crippen LogP contribution in [0.15, 0.2) is 28.7 Å². The average molecular weight is 308 g/mol. The zero-order valence-electron chi connectivity index (χ0n) is 8.94. The highest BCUT2D eigenvalue weighted by Crippen LogP contribution is 2.11. The molecule has 0 saturated heterocycles. The third-order valence-corrected chi connectivity index (χ3v) is 3.72. The summed E-state index contributed by atoms with van der Waals surface area (Å²) in [6.45, 7) is 0.499. The van der Waals surface area contributed by atoms with E-state index in [0.29, 0.717) is 6.54 Å². The van der Waals surface area contributed by atoms with Crippen molar-refractivity contribution in [1.29, 1.82) is 0 Å². The van der Waals surface area contributed by atoms with Crippen molar-refractivity contribution in [3.63, 3.8) is 0 Å². The van der Waals surface area contributed by atoms with E-state index in [1.807, 2.05) is 24.3 Å². The largest absolute Gasteiger partial charge is 0.384 e. The zero-order chi connectivity index (χ0) is 12.0. The predicted octanol–water partition coefficient (Wildman–Crippen LogP) is 1.51. The van der Waals surface area contributed by atoms with E-state index in [0.717, 1.165) is 10.0 Å². The van der Waals surface area contributed by atoms with Gasteiger partial charge in [0.15, 0.2) is 0 Å². The molecule has 0 fully saturated rings. The van der Waals surface area contributed by atoms with E-state index < -0.39 is 10.0 Å². The quantitative estimate of drug-likeness (QED) is 0.867. The summed E-state index contributed by atoms with van der Waals surface area (Å²) in [5.74, 6) is -0.0164. The van der Waals surface area contributed by atoms with Gasteiger partial charge in [0.2, 0.25) is 10.0 Å². The molecule has 0 saturated carbocycles. The molecule has 0 aromatic heterocycles. The Morgan fingerprint density at radius 3 is 2.81 bits per heavy atom. The summed E-state index contributed by atoms with van der Waals surface area (Å²) in [7, 11) is -1.77. The van der Waals surface area contributed by atoms with Crippen molar-refractivity contribution in [2.75, 3.05) is 19.5 Å². The maximum Gasteiger partial charge on any atom is 0.214 e. The number of ether oxygens (including phenoxy) is 1. The van der Waals surface area contributed by atoms with Crippen molar-refractivity contribution in [1.82, 2.24) is 4.72 Å². The van der Waals surface area contributed by atoms with Crippen molar-refractivity contribution in [3.8, 4) is 0 Å². The molecular weight excluding hydrogens is 294 g/mol. The SMILES string of the molecule is COCCS(=O)(=O)NCc1cccc(Br)c1. The van der Waals surface area contributed by atoms with Crippen molar-refractivity contribution in [2.24, 2.45) is 0 Å². The summed E-state index contributed by atoms with van der Waals surface area (Å²) in [5.41, 5.74) is 0.912. The summed E-state index contributed by atoms with van der Waals surface area (Å²) in [5, 5.41) is 0. The second kappa shape index (κ2) is 6.34. The van der Waals surface area contributed by atoms with Crippen LogP contribution in [-0.2, 0) is 21.3 Å². The van der Waals surface area contributed by atoms with Crippen LogP contribution in [0.1, 0.15) is 5.56 Å². The van der Waals surface area contributed by atoms with E-state index in [9.17, 15) is 8.42 Å². The van der Waals surface area contributed by atoms with Crippen molar-refractivity contribution < 1.29 is 13.2 Å². The van der Waals surface area contributed by atoms with Gasteiger partial charge in [0.1, 0.15) is 0 Å². The monoisotopic (exact) mass is 307 g/mol. The van der Waals surface area contributed by atoms with Crippen LogP contribution in [0.5, 0.6) is 0 Å². The van der Waals surface area contributed by atoms with Crippen LogP contribution in [-0.4, -0.2) is 27.9 Å². The van der Waals surface area contributed by atoms with Crippen LogP contribution in [0.3, 0.4) is 0 Å². The Morgan fingerprint density at radius 1 is 1.44 bits per heavy atom. The van der Waals surface area contributed by atoms with E-state index in [1.54, 1.807) is 0 Å². The lowest BCUT2D eigenvalue weighted by molar-refractivity contribution is 0.217. The fourth-order valence-electron chi connectivity index (χ4n) is 1.11. The molecule has 0 unspecified atom stereocenters. The lowest BCUT2D eigenvalue weighted by atomic mass is 10.2. The molecule has 0 bridgehead atoms. The van der Waals surface area contributed by atoms with Gasteiger partial charge in [-0.3, -0.25) is 0 Å². The highest BCUT2D eigenvalue weighted by atomic mass is 79.9. The number of halogens is 1. The molecule has 16 heavy (non-hydrogen) atoms. The number of nitrogens with one attached hydrogen (secondary N) is 1. The molecule has 90 valence electrons. The summed E-state index contributed by atoms with van der Waals surface area (Å²) in [4.78, 5) is 0. The first-order valence-corrected chi connectivity index (χ1v) is 7.19. The van der Waals surface area contributed by atoms with Crippen molar-refractivity contribution >= 4 is 26.0 Å². The first-order valence-electron chi connectivity index (χ1n) is 4.74. The van der Waals surface area contributed by atoms with E-state index >= 15 is 0 Å². The van der Waals surface area contributed by atoms with Crippen LogP contribution >= 0.6 is 15.9 Å². The number of methoxy groups -OCH3 is 1. The molecule has 1 aromatic carbocycles.